The summed E-state index contributed by atoms with van der Waals surface area (Å²) in [6.45, 7) is 4.06. The third kappa shape index (κ3) is 3.16. The lowest BCUT2D eigenvalue weighted by molar-refractivity contribution is -0.387. The third-order valence-electron chi connectivity index (χ3n) is 4.24. The van der Waals surface area contributed by atoms with Crippen LogP contribution in [0.2, 0.25) is 0 Å². The molecule has 0 radical (unpaired) electrons. The highest BCUT2D eigenvalue weighted by molar-refractivity contribution is 7.89. The topological polar surface area (TPSA) is 115 Å². The summed E-state index contributed by atoms with van der Waals surface area (Å²) in [5.74, 6) is 0.631. The fraction of sp³-hybridized carbons (Fsp3) is 0.538. The highest BCUT2D eigenvalue weighted by Gasteiger charge is 2.35. The largest absolute Gasteiger partial charge is 0.399 e. The second-order valence-electron chi connectivity index (χ2n) is 5.63. The molecule has 1 saturated carbocycles. The SMILES string of the molecule is CC1CCC(NS(=O)(=O)c2ccc(N)cc2[N+](=O)[O-])C1C. The van der Waals surface area contributed by atoms with Crippen molar-refractivity contribution in [2.45, 2.75) is 37.6 Å². The van der Waals surface area contributed by atoms with Crippen LogP contribution in [0.15, 0.2) is 23.1 Å². The fourth-order valence-corrected chi connectivity index (χ4v) is 4.21. The molecule has 0 aliphatic heterocycles. The molecule has 0 amide bonds. The number of nitrogens with two attached hydrogens (primary N) is 1. The lowest BCUT2D eigenvalue weighted by Gasteiger charge is -2.19. The first-order valence-corrected chi connectivity index (χ1v) is 8.27. The Bertz CT molecular complexity index is 659. The van der Waals surface area contributed by atoms with Gasteiger partial charge in [0, 0.05) is 17.8 Å². The Labute approximate surface area is 123 Å². The smallest absolute Gasteiger partial charge is 0.291 e. The molecule has 116 valence electrons. The van der Waals surface area contributed by atoms with Gasteiger partial charge in [-0.1, -0.05) is 13.8 Å². The Morgan fingerprint density at radius 2 is 2.00 bits per heavy atom. The number of nitrogens with zero attached hydrogens (tertiary/aromatic N) is 1. The number of rotatable bonds is 4. The molecule has 1 aliphatic rings. The van der Waals surface area contributed by atoms with Gasteiger partial charge in [0.1, 0.15) is 0 Å². The van der Waals surface area contributed by atoms with Gasteiger partial charge in [-0.15, -0.1) is 0 Å². The van der Waals surface area contributed by atoms with Gasteiger partial charge in [0.25, 0.3) is 5.69 Å². The van der Waals surface area contributed by atoms with Crippen molar-refractivity contribution in [1.82, 2.24) is 4.72 Å². The van der Waals surface area contributed by atoms with E-state index < -0.39 is 20.6 Å². The molecule has 0 heterocycles. The molecule has 2 rings (SSSR count). The maximum atomic E-state index is 12.4. The van der Waals surface area contributed by atoms with Gasteiger partial charge in [-0.05, 0) is 36.8 Å². The number of hydrogen-bond acceptors (Lipinski definition) is 5. The normalized spacial score (nSPS) is 25.9. The van der Waals surface area contributed by atoms with E-state index in [0.29, 0.717) is 5.92 Å². The van der Waals surface area contributed by atoms with Crippen molar-refractivity contribution in [3.05, 3.63) is 28.3 Å². The van der Waals surface area contributed by atoms with Crippen molar-refractivity contribution >= 4 is 21.4 Å². The van der Waals surface area contributed by atoms with Crippen LogP contribution in [0.3, 0.4) is 0 Å². The van der Waals surface area contributed by atoms with Crippen LogP contribution in [0, 0.1) is 22.0 Å². The summed E-state index contributed by atoms with van der Waals surface area (Å²) in [6, 6.07) is 3.40. The number of benzene rings is 1. The van der Waals surface area contributed by atoms with Gasteiger partial charge >= 0.3 is 0 Å². The Morgan fingerprint density at radius 3 is 2.52 bits per heavy atom. The highest BCUT2D eigenvalue weighted by atomic mass is 32.2. The average Bonchev–Trinajstić information content (AvgIpc) is 2.70. The van der Waals surface area contributed by atoms with Crippen molar-refractivity contribution in [2.75, 3.05) is 5.73 Å². The van der Waals surface area contributed by atoms with Crippen LogP contribution in [-0.4, -0.2) is 19.4 Å². The van der Waals surface area contributed by atoms with Crippen LogP contribution in [0.1, 0.15) is 26.7 Å². The summed E-state index contributed by atoms with van der Waals surface area (Å²) in [6.07, 6.45) is 1.68. The number of hydrogen-bond donors (Lipinski definition) is 2. The first-order valence-electron chi connectivity index (χ1n) is 6.78. The number of nitro groups is 1. The Morgan fingerprint density at radius 1 is 1.33 bits per heavy atom. The number of anilines is 1. The zero-order chi connectivity index (χ0) is 15.8. The zero-order valence-electron chi connectivity index (χ0n) is 11.9. The molecule has 3 N–H and O–H groups in total. The van der Waals surface area contributed by atoms with Crippen LogP contribution in [0.25, 0.3) is 0 Å². The quantitative estimate of drug-likeness (QED) is 0.500. The minimum Gasteiger partial charge on any atom is -0.399 e. The minimum absolute atomic E-state index is 0.156. The van der Waals surface area contributed by atoms with E-state index in [0.717, 1.165) is 18.9 Å². The van der Waals surface area contributed by atoms with Crippen LogP contribution in [-0.2, 0) is 10.0 Å². The average molecular weight is 313 g/mol. The second-order valence-corrected chi connectivity index (χ2v) is 7.31. The van der Waals surface area contributed by atoms with Gasteiger partial charge in [0.15, 0.2) is 4.90 Å². The monoisotopic (exact) mass is 313 g/mol. The molecule has 1 aromatic carbocycles. The molecule has 1 fully saturated rings. The predicted octanol–water partition coefficient (Wildman–Crippen LogP) is 1.89. The van der Waals surface area contributed by atoms with E-state index in [4.69, 9.17) is 5.73 Å². The highest BCUT2D eigenvalue weighted by Crippen LogP contribution is 2.33. The van der Waals surface area contributed by atoms with Crippen molar-refractivity contribution in [3.63, 3.8) is 0 Å². The van der Waals surface area contributed by atoms with Crippen molar-refractivity contribution in [2.24, 2.45) is 11.8 Å². The van der Waals surface area contributed by atoms with E-state index in [2.05, 4.69) is 11.6 Å². The van der Waals surface area contributed by atoms with Gasteiger partial charge < -0.3 is 5.73 Å². The molecule has 8 heteroatoms. The Balaban J connectivity index is 2.34. The van der Waals surface area contributed by atoms with Gasteiger partial charge in [-0.2, -0.15) is 0 Å². The molecule has 0 spiro atoms. The summed E-state index contributed by atoms with van der Waals surface area (Å²) in [7, 11) is -3.94. The molecular weight excluding hydrogens is 294 g/mol. The molecule has 21 heavy (non-hydrogen) atoms. The zero-order valence-corrected chi connectivity index (χ0v) is 12.8. The van der Waals surface area contributed by atoms with Crippen LogP contribution in [0.4, 0.5) is 11.4 Å². The fourth-order valence-electron chi connectivity index (χ4n) is 2.70. The summed E-state index contributed by atoms with van der Waals surface area (Å²) >= 11 is 0. The standard InChI is InChI=1S/C13H19N3O4S/c1-8-3-5-11(9(8)2)15-21(19,20)13-6-4-10(14)7-12(13)16(17)18/h4,6-9,11,15H,3,5,14H2,1-2H3. The van der Waals surface area contributed by atoms with Crippen LogP contribution >= 0.6 is 0 Å². The summed E-state index contributed by atoms with van der Waals surface area (Å²) < 4.78 is 27.4. The molecule has 3 atom stereocenters. The van der Waals surface area contributed by atoms with E-state index in [1.807, 2.05) is 6.92 Å². The lowest BCUT2D eigenvalue weighted by atomic mass is 9.98. The molecule has 0 bridgehead atoms. The third-order valence-corrected chi connectivity index (χ3v) is 5.78. The number of sulfonamides is 1. The lowest BCUT2D eigenvalue weighted by Crippen LogP contribution is -2.37. The minimum atomic E-state index is -3.94. The molecular formula is C13H19N3O4S. The van der Waals surface area contributed by atoms with Crippen LogP contribution in [0.5, 0.6) is 0 Å². The molecule has 7 nitrogen and oxygen atoms in total. The van der Waals surface area contributed by atoms with E-state index in [9.17, 15) is 18.5 Å². The molecule has 0 aromatic heterocycles. The van der Waals surface area contributed by atoms with Gasteiger partial charge in [0.2, 0.25) is 10.0 Å². The Hall–Kier alpha value is -1.67. The summed E-state index contributed by atoms with van der Waals surface area (Å²) in [5, 5.41) is 11.0. The first-order chi connectivity index (χ1) is 9.72. The molecule has 3 unspecified atom stereocenters. The molecule has 1 aromatic rings. The van der Waals surface area contributed by atoms with Crippen molar-refractivity contribution in [3.8, 4) is 0 Å². The van der Waals surface area contributed by atoms with Crippen molar-refractivity contribution < 1.29 is 13.3 Å². The van der Waals surface area contributed by atoms with E-state index in [1.165, 1.54) is 12.1 Å². The van der Waals surface area contributed by atoms with Gasteiger partial charge in [0.05, 0.1) is 4.92 Å². The number of nitrogens with one attached hydrogen (secondary N) is 1. The van der Waals surface area contributed by atoms with Crippen LogP contribution < -0.4 is 10.5 Å². The van der Waals surface area contributed by atoms with Gasteiger partial charge in [-0.3, -0.25) is 10.1 Å². The maximum absolute atomic E-state index is 12.4. The number of nitro benzene ring substituents is 1. The summed E-state index contributed by atoms with van der Waals surface area (Å²) in [4.78, 5) is 9.96. The second kappa shape index (κ2) is 5.61. The van der Waals surface area contributed by atoms with E-state index in [1.54, 1.807) is 0 Å². The van der Waals surface area contributed by atoms with E-state index in [-0.39, 0.29) is 22.5 Å². The maximum Gasteiger partial charge on any atom is 0.291 e. The predicted molar refractivity (Wildman–Crippen MR) is 79.2 cm³/mol. The number of nitrogen functional groups attached to an aromatic ring is 1. The van der Waals surface area contributed by atoms with Crippen molar-refractivity contribution in [1.29, 1.82) is 0 Å². The van der Waals surface area contributed by atoms with Gasteiger partial charge in [-0.25, -0.2) is 13.1 Å². The summed E-state index contributed by atoms with van der Waals surface area (Å²) in [5.41, 5.74) is 5.15. The van der Waals surface area contributed by atoms with E-state index >= 15 is 0 Å². The first kappa shape index (κ1) is 15.7. The molecule has 1 aliphatic carbocycles. The Kier molecular flexibility index (Phi) is 4.20. The molecule has 0 saturated heterocycles.